The predicted molar refractivity (Wildman–Crippen MR) is 118 cm³/mol. The van der Waals surface area contributed by atoms with E-state index in [0.29, 0.717) is 13.2 Å². The average Bonchev–Trinajstić information content (AvgIpc) is 2.65. The molecule has 4 nitrogen and oxygen atoms in total. The molecule has 27 heavy (non-hydrogen) atoms. The van der Waals surface area contributed by atoms with E-state index in [1.165, 1.54) is 5.56 Å². The van der Waals surface area contributed by atoms with Gasteiger partial charge < -0.3 is 20.1 Å². The van der Waals surface area contributed by atoms with Crippen LogP contribution in [0.2, 0.25) is 0 Å². The van der Waals surface area contributed by atoms with E-state index in [4.69, 9.17) is 9.47 Å². The van der Waals surface area contributed by atoms with Gasteiger partial charge in [0.2, 0.25) is 0 Å². The van der Waals surface area contributed by atoms with Crippen molar-refractivity contribution in [3.05, 3.63) is 59.7 Å². The molecule has 0 saturated carbocycles. The second-order valence-electron chi connectivity index (χ2n) is 5.87. The molecule has 152 valence electrons. The van der Waals surface area contributed by atoms with Gasteiger partial charge in [0.1, 0.15) is 6.61 Å². The fourth-order valence-corrected chi connectivity index (χ4v) is 2.53. The summed E-state index contributed by atoms with van der Waals surface area (Å²) in [6, 6.07) is 16.3. The molecule has 0 fully saturated rings. The molecule has 0 aliphatic rings. The number of rotatable bonds is 12. The van der Waals surface area contributed by atoms with Gasteiger partial charge >= 0.3 is 0 Å². The average molecular weight is 415 g/mol. The van der Waals surface area contributed by atoms with Crippen LogP contribution in [0.1, 0.15) is 31.4 Å². The van der Waals surface area contributed by atoms with Crippen molar-refractivity contribution in [3.8, 4) is 11.5 Å². The predicted octanol–water partition coefficient (Wildman–Crippen LogP) is 4.60. The second kappa shape index (κ2) is 15.6. The van der Waals surface area contributed by atoms with Gasteiger partial charge in [-0.1, -0.05) is 43.3 Å². The largest absolute Gasteiger partial charge is 0.490 e. The van der Waals surface area contributed by atoms with E-state index in [1.807, 2.05) is 31.2 Å². The van der Waals surface area contributed by atoms with Crippen molar-refractivity contribution in [1.29, 1.82) is 0 Å². The van der Waals surface area contributed by atoms with Gasteiger partial charge in [0.15, 0.2) is 11.5 Å². The highest BCUT2D eigenvalue weighted by Crippen LogP contribution is 2.29. The smallest absolute Gasteiger partial charge is 0.161 e. The molecule has 0 unspecified atom stereocenters. The highest BCUT2D eigenvalue weighted by Gasteiger charge is 2.07. The van der Waals surface area contributed by atoms with Crippen molar-refractivity contribution in [2.75, 3.05) is 26.2 Å². The lowest BCUT2D eigenvalue weighted by molar-refractivity contribution is 0.269. The quantitative estimate of drug-likeness (QED) is 0.498. The summed E-state index contributed by atoms with van der Waals surface area (Å²) in [5, 5.41) is 6.80. The molecule has 2 rings (SSSR count). The van der Waals surface area contributed by atoms with E-state index in [9.17, 15) is 0 Å². The number of ether oxygens (including phenoxy) is 2. The molecule has 0 spiro atoms. The first kappa shape index (κ1) is 25.5. The Morgan fingerprint density at radius 2 is 1.52 bits per heavy atom. The molecule has 0 aromatic heterocycles. The molecule has 0 aliphatic heterocycles. The molecule has 2 aromatic rings. The van der Waals surface area contributed by atoms with Gasteiger partial charge in [-0.15, -0.1) is 24.8 Å². The van der Waals surface area contributed by atoms with Crippen molar-refractivity contribution in [2.24, 2.45) is 0 Å². The van der Waals surface area contributed by atoms with Crippen LogP contribution in [0.25, 0.3) is 0 Å². The highest BCUT2D eigenvalue weighted by molar-refractivity contribution is 5.85. The van der Waals surface area contributed by atoms with E-state index < -0.39 is 0 Å². The summed E-state index contributed by atoms with van der Waals surface area (Å²) < 4.78 is 11.7. The zero-order valence-electron chi connectivity index (χ0n) is 16.2. The van der Waals surface area contributed by atoms with Gasteiger partial charge in [-0.2, -0.15) is 0 Å². The van der Waals surface area contributed by atoms with Gasteiger partial charge in [0.25, 0.3) is 0 Å². The summed E-state index contributed by atoms with van der Waals surface area (Å²) in [7, 11) is 0. The first-order valence-corrected chi connectivity index (χ1v) is 9.17. The van der Waals surface area contributed by atoms with Crippen LogP contribution in [0.4, 0.5) is 0 Å². The van der Waals surface area contributed by atoms with Crippen molar-refractivity contribution in [3.63, 3.8) is 0 Å². The minimum atomic E-state index is 0. The standard InChI is InChI=1S/C21H30N2O2.2ClH/c1-3-22-13-8-14-23-16-19-11-12-20(21(15-19)24-4-2)25-17-18-9-6-5-7-10-18;;/h5-7,9-12,15,22-23H,3-4,8,13-14,16-17H2,1-2H3;2*1H. The zero-order chi connectivity index (χ0) is 17.7. The van der Waals surface area contributed by atoms with Gasteiger partial charge in [-0.3, -0.25) is 0 Å². The lowest BCUT2D eigenvalue weighted by Gasteiger charge is -2.14. The molecule has 6 heteroatoms. The van der Waals surface area contributed by atoms with Crippen LogP contribution in [-0.4, -0.2) is 26.2 Å². The van der Waals surface area contributed by atoms with Crippen LogP contribution < -0.4 is 20.1 Å². The first-order chi connectivity index (χ1) is 12.3. The summed E-state index contributed by atoms with van der Waals surface area (Å²) >= 11 is 0. The van der Waals surface area contributed by atoms with Gasteiger partial charge in [0, 0.05) is 6.54 Å². The maximum atomic E-state index is 5.95. The molecule has 0 bridgehead atoms. The number of halogens is 2. The lowest BCUT2D eigenvalue weighted by atomic mass is 10.2. The maximum absolute atomic E-state index is 5.95. The molecule has 0 radical (unpaired) electrons. The van der Waals surface area contributed by atoms with E-state index in [0.717, 1.165) is 49.7 Å². The van der Waals surface area contributed by atoms with E-state index in [1.54, 1.807) is 0 Å². The fourth-order valence-electron chi connectivity index (χ4n) is 2.53. The second-order valence-corrected chi connectivity index (χ2v) is 5.87. The van der Waals surface area contributed by atoms with Crippen molar-refractivity contribution in [1.82, 2.24) is 10.6 Å². The molecular formula is C21H32Cl2N2O2. The summed E-state index contributed by atoms with van der Waals surface area (Å²) in [6.07, 6.45) is 1.13. The molecule has 2 aromatic carbocycles. The summed E-state index contributed by atoms with van der Waals surface area (Å²) in [6.45, 7) is 9.22. The van der Waals surface area contributed by atoms with Crippen LogP contribution in [0.5, 0.6) is 11.5 Å². The molecule has 0 aliphatic carbocycles. The van der Waals surface area contributed by atoms with Crippen LogP contribution in [0.3, 0.4) is 0 Å². The molecular weight excluding hydrogens is 383 g/mol. The third-order valence-electron chi connectivity index (χ3n) is 3.83. The fraction of sp³-hybridized carbons (Fsp3) is 0.429. The Morgan fingerprint density at radius 1 is 0.778 bits per heavy atom. The van der Waals surface area contributed by atoms with Crippen molar-refractivity contribution < 1.29 is 9.47 Å². The normalized spacial score (nSPS) is 9.85. The minimum absolute atomic E-state index is 0. The Labute approximate surface area is 175 Å². The van der Waals surface area contributed by atoms with Crippen LogP contribution >= 0.6 is 24.8 Å². The molecule has 2 N–H and O–H groups in total. The van der Waals surface area contributed by atoms with Gasteiger partial charge in [0.05, 0.1) is 6.61 Å². The Hall–Kier alpha value is -1.46. The van der Waals surface area contributed by atoms with Crippen LogP contribution in [0.15, 0.2) is 48.5 Å². The molecule has 0 atom stereocenters. The Kier molecular flexibility index (Phi) is 14.7. The SMILES string of the molecule is CCNCCCNCc1ccc(OCc2ccccc2)c(OCC)c1.Cl.Cl. The summed E-state index contributed by atoms with van der Waals surface area (Å²) in [4.78, 5) is 0. The van der Waals surface area contributed by atoms with E-state index in [2.05, 4.69) is 41.8 Å². The van der Waals surface area contributed by atoms with Gasteiger partial charge in [-0.05, 0) is 56.2 Å². The number of nitrogens with one attached hydrogen (secondary N) is 2. The van der Waals surface area contributed by atoms with Crippen molar-refractivity contribution >= 4 is 24.8 Å². The maximum Gasteiger partial charge on any atom is 0.161 e. The minimum Gasteiger partial charge on any atom is -0.490 e. The van der Waals surface area contributed by atoms with Crippen LogP contribution in [0, 0.1) is 0 Å². The Balaban J connectivity index is 0.00000338. The third kappa shape index (κ3) is 9.87. The molecule has 0 amide bonds. The topological polar surface area (TPSA) is 42.5 Å². The Bertz CT molecular complexity index is 612. The van der Waals surface area contributed by atoms with Crippen molar-refractivity contribution in [2.45, 2.75) is 33.4 Å². The number of benzene rings is 2. The van der Waals surface area contributed by atoms with E-state index >= 15 is 0 Å². The highest BCUT2D eigenvalue weighted by atomic mass is 35.5. The monoisotopic (exact) mass is 414 g/mol. The van der Waals surface area contributed by atoms with E-state index in [-0.39, 0.29) is 24.8 Å². The van der Waals surface area contributed by atoms with Crippen LogP contribution in [-0.2, 0) is 13.2 Å². The third-order valence-corrected chi connectivity index (χ3v) is 3.83. The first-order valence-electron chi connectivity index (χ1n) is 9.17. The molecule has 0 heterocycles. The summed E-state index contributed by atoms with van der Waals surface area (Å²) in [5.41, 5.74) is 2.36. The summed E-state index contributed by atoms with van der Waals surface area (Å²) in [5.74, 6) is 1.60. The zero-order valence-corrected chi connectivity index (χ0v) is 17.8. The molecule has 0 saturated heterocycles. The number of hydrogen-bond donors (Lipinski definition) is 2. The van der Waals surface area contributed by atoms with Gasteiger partial charge in [-0.25, -0.2) is 0 Å². The lowest BCUT2D eigenvalue weighted by Crippen LogP contribution is -2.21. The number of hydrogen-bond acceptors (Lipinski definition) is 4. The Morgan fingerprint density at radius 3 is 2.22 bits per heavy atom.